The van der Waals surface area contributed by atoms with E-state index in [0.717, 1.165) is 19.4 Å². The van der Waals surface area contributed by atoms with Crippen molar-refractivity contribution >= 4 is 0 Å². The monoisotopic (exact) mass is 198 g/mol. The minimum absolute atomic E-state index is 0.153. The SMILES string of the molecule is CC(O)(CO)CNCC1(CC#N)CC1. The summed E-state index contributed by atoms with van der Waals surface area (Å²) in [6.45, 7) is 2.47. The van der Waals surface area contributed by atoms with E-state index in [0.29, 0.717) is 13.0 Å². The zero-order valence-electron chi connectivity index (χ0n) is 8.58. The van der Waals surface area contributed by atoms with E-state index in [2.05, 4.69) is 11.4 Å². The van der Waals surface area contributed by atoms with E-state index in [1.807, 2.05) is 0 Å². The van der Waals surface area contributed by atoms with Gasteiger partial charge < -0.3 is 15.5 Å². The third-order valence-corrected chi connectivity index (χ3v) is 2.76. The molecule has 0 aliphatic heterocycles. The molecular weight excluding hydrogens is 180 g/mol. The molecule has 0 aromatic rings. The second-order valence-corrected chi connectivity index (χ2v) is 4.59. The number of aliphatic hydroxyl groups excluding tert-OH is 1. The first-order valence-corrected chi connectivity index (χ1v) is 4.95. The molecule has 1 saturated carbocycles. The van der Waals surface area contributed by atoms with Crippen LogP contribution in [0.15, 0.2) is 0 Å². The molecule has 80 valence electrons. The molecule has 4 heteroatoms. The Bertz CT molecular complexity index is 229. The number of aliphatic hydroxyl groups is 2. The summed E-state index contributed by atoms with van der Waals surface area (Å²) < 4.78 is 0. The van der Waals surface area contributed by atoms with Gasteiger partial charge in [-0.05, 0) is 25.2 Å². The Kier molecular flexibility index (Phi) is 3.48. The zero-order chi connectivity index (χ0) is 10.7. The summed E-state index contributed by atoms with van der Waals surface area (Å²) in [5, 5.41) is 30.0. The lowest BCUT2D eigenvalue weighted by Gasteiger charge is -2.22. The van der Waals surface area contributed by atoms with Crippen molar-refractivity contribution in [2.45, 2.75) is 31.8 Å². The van der Waals surface area contributed by atoms with E-state index < -0.39 is 5.60 Å². The highest BCUT2D eigenvalue weighted by atomic mass is 16.3. The van der Waals surface area contributed by atoms with Gasteiger partial charge in [-0.1, -0.05) is 0 Å². The van der Waals surface area contributed by atoms with Crippen LogP contribution in [-0.2, 0) is 0 Å². The predicted molar refractivity (Wildman–Crippen MR) is 52.5 cm³/mol. The summed E-state index contributed by atoms with van der Waals surface area (Å²) in [5.74, 6) is 0. The molecule has 0 aromatic heterocycles. The average Bonchev–Trinajstić information content (AvgIpc) is 2.86. The summed E-state index contributed by atoms with van der Waals surface area (Å²) in [7, 11) is 0. The van der Waals surface area contributed by atoms with Crippen molar-refractivity contribution in [3.63, 3.8) is 0 Å². The number of nitrogens with zero attached hydrogens (tertiary/aromatic N) is 1. The molecule has 0 heterocycles. The second kappa shape index (κ2) is 4.26. The maximum absolute atomic E-state index is 9.49. The van der Waals surface area contributed by atoms with Crippen molar-refractivity contribution in [3.8, 4) is 6.07 Å². The van der Waals surface area contributed by atoms with Gasteiger partial charge in [-0.2, -0.15) is 5.26 Å². The quantitative estimate of drug-likeness (QED) is 0.562. The lowest BCUT2D eigenvalue weighted by Crippen LogP contribution is -2.42. The molecule has 1 unspecified atom stereocenters. The number of hydrogen-bond donors (Lipinski definition) is 3. The summed E-state index contributed by atoms with van der Waals surface area (Å²) in [6, 6.07) is 2.18. The molecule has 4 nitrogen and oxygen atoms in total. The summed E-state index contributed by atoms with van der Waals surface area (Å²) in [5.41, 5.74) is -0.900. The van der Waals surface area contributed by atoms with E-state index in [9.17, 15) is 5.11 Å². The van der Waals surface area contributed by atoms with Crippen molar-refractivity contribution in [1.29, 1.82) is 5.26 Å². The molecule has 0 radical (unpaired) electrons. The maximum Gasteiger partial charge on any atom is 0.0972 e. The third-order valence-electron chi connectivity index (χ3n) is 2.76. The van der Waals surface area contributed by atoms with Gasteiger partial charge in [0.1, 0.15) is 0 Å². The highest BCUT2D eigenvalue weighted by Gasteiger charge is 2.42. The van der Waals surface area contributed by atoms with E-state index in [4.69, 9.17) is 10.4 Å². The van der Waals surface area contributed by atoms with E-state index >= 15 is 0 Å². The first-order valence-electron chi connectivity index (χ1n) is 4.95. The van der Waals surface area contributed by atoms with Gasteiger partial charge in [-0.3, -0.25) is 0 Å². The Labute approximate surface area is 84.5 Å². The molecule has 3 N–H and O–H groups in total. The van der Waals surface area contributed by atoms with Crippen molar-refractivity contribution in [3.05, 3.63) is 0 Å². The lowest BCUT2D eigenvalue weighted by atomic mass is 10.0. The van der Waals surface area contributed by atoms with Crippen LogP contribution in [0.1, 0.15) is 26.2 Å². The third kappa shape index (κ3) is 3.26. The van der Waals surface area contributed by atoms with Gasteiger partial charge in [-0.15, -0.1) is 0 Å². The fourth-order valence-corrected chi connectivity index (χ4v) is 1.41. The molecular formula is C10H18N2O2. The van der Waals surface area contributed by atoms with Gasteiger partial charge in [0.25, 0.3) is 0 Å². The molecule has 0 bridgehead atoms. The fraction of sp³-hybridized carbons (Fsp3) is 0.900. The van der Waals surface area contributed by atoms with Crippen LogP contribution in [0.3, 0.4) is 0 Å². The van der Waals surface area contributed by atoms with Crippen LogP contribution in [0, 0.1) is 16.7 Å². The summed E-state index contributed by atoms with van der Waals surface area (Å²) in [4.78, 5) is 0. The Morgan fingerprint density at radius 1 is 1.57 bits per heavy atom. The Morgan fingerprint density at radius 3 is 2.64 bits per heavy atom. The summed E-state index contributed by atoms with van der Waals surface area (Å²) >= 11 is 0. The molecule has 1 rings (SSSR count). The van der Waals surface area contributed by atoms with E-state index in [1.165, 1.54) is 0 Å². The van der Waals surface area contributed by atoms with Crippen LogP contribution < -0.4 is 5.32 Å². The maximum atomic E-state index is 9.49. The van der Waals surface area contributed by atoms with Crippen LogP contribution in [0.2, 0.25) is 0 Å². The fourth-order valence-electron chi connectivity index (χ4n) is 1.41. The van der Waals surface area contributed by atoms with E-state index in [1.54, 1.807) is 6.92 Å². The number of nitriles is 1. The highest BCUT2D eigenvalue weighted by Crippen LogP contribution is 2.47. The molecule has 0 amide bonds. The number of nitrogens with one attached hydrogen (secondary N) is 1. The van der Waals surface area contributed by atoms with Gasteiger partial charge in [-0.25, -0.2) is 0 Å². The van der Waals surface area contributed by atoms with E-state index in [-0.39, 0.29) is 12.0 Å². The first-order chi connectivity index (χ1) is 6.54. The van der Waals surface area contributed by atoms with Crippen molar-refractivity contribution < 1.29 is 10.2 Å². The molecule has 1 atom stereocenters. The molecule has 0 spiro atoms. The van der Waals surface area contributed by atoms with Gasteiger partial charge in [0.05, 0.1) is 18.3 Å². The predicted octanol–water partition coefficient (Wildman–Crippen LogP) is 0.0132. The van der Waals surface area contributed by atoms with Crippen molar-refractivity contribution in [1.82, 2.24) is 5.32 Å². The highest BCUT2D eigenvalue weighted by molar-refractivity contribution is 5.00. The first kappa shape index (κ1) is 11.4. The topological polar surface area (TPSA) is 76.3 Å². The Hall–Kier alpha value is -0.630. The van der Waals surface area contributed by atoms with Gasteiger partial charge in [0.15, 0.2) is 0 Å². The standard InChI is InChI=1S/C10H18N2O2/c1-9(14,8-13)6-12-7-10(2-3-10)4-5-11/h12-14H,2-4,6-8H2,1H3. The number of rotatable bonds is 6. The largest absolute Gasteiger partial charge is 0.393 e. The molecule has 1 fully saturated rings. The van der Waals surface area contributed by atoms with Gasteiger partial charge in [0, 0.05) is 19.5 Å². The molecule has 1 aliphatic carbocycles. The minimum atomic E-state index is -1.05. The Balaban J connectivity index is 2.19. The summed E-state index contributed by atoms with van der Waals surface area (Å²) in [6.07, 6.45) is 2.77. The molecule has 14 heavy (non-hydrogen) atoms. The zero-order valence-corrected chi connectivity index (χ0v) is 8.58. The van der Waals surface area contributed by atoms with Crippen LogP contribution in [0.25, 0.3) is 0 Å². The Morgan fingerprint density at radius 2 is 2.21 bits per heavy atom. The van der Waals surface area contributed by atoms with Crippen LogP contribution in [0.4, 0.5) is 0 Å². The second-order valence-electron chi connectivity index (χ2n) is 4.59. The minimum Gasteiger partial charge on any atom is -0.393 e. The van der Waals surface area contributed by atoms with Crippen molar-refractivity contribution in [2.24, 2.45) is 5.41 Å². The van der Waals surface area contributed by atoms with Crippen LogP contribution >= 0.6 is 0 Å². The van der Waals surface area contributed by atoms with Crippen molar-refractivity contribution in [2.75, 3.05) is 19.7 Å². The molecule has 1 aliphatic rings. The van der Waals surface area contributed by atoms with Gasteiger partial charge >= 0.3 is 0 Å². The number of hydrogen-bond acceptors (Lipinski definition) is 4. The normalized spacial score (nSPS) is 22.4. The lowest BCUT2D eigenvalue weighted by molar-refractivity contribution is 0.00205. The van der Waals surface area contributed by atoms with Crippen LogP contribution in [0.5, 0.6) is 0 Å². The van der Waals surface area contributed by atoms with Gasteiger partial charge in [0.2, 0.25) is 0 Å². The van der Waals surface area contributed by atoms with Crippen LogP contribution in [-0.4, -0.2) is 35.5 Å². The average molecular weight is 198 g/mol. The molecule has 0 saturated heterocycles. The molecule has 0 aromatic carbocycles. The smallest absolute Gasteiger partial charge is 0.0972 e.